The fraction of sp³-hybridized carbons (Fsp3) is 0.636. The minimum absolute atomic E-state index is 0. The lowest BCUT2D eigenvalue weighted by Crippen LogP contribution is -2.44. The van der Waals surface area contributed by atoms with Crippen LogP contribution in [0.25, 0.3) is 0 Å². The van der Waals surface area contributed by atoms with Crippen molar-refractivity contribution in [2.75, 3.05) is 46.8 Å². The average Bonchev–Trinajstić information content (AvgIpc) is 3.18. The average molecular weight is 549 g/mol. The minimum Gasteiger partial charge on any atom is -0.489 e. The molecular formula is C22H37FIN5O2. The molecule has 2 atom stereocenters. The lowest BCUT2D eigenvalue weighted by atomic mass is 10.2. The number of hydrogen-bond donors (Lipinski definition) is 2. The zero-order chi connectivity index (χ0) is 21.9. The number of guanidine groups is 1. The Labute approximate surface area is 202 Å². The van der Waals surface area contributed by atoms with Crippen LogP contribution in [-0.4, -0.2) is 80.6 Å². The summed E-state index contributed by atoms with van der Waals surface area (Å²) in [6.07, 6.45) is 2.82. The Bertz CT molecular complexity index is 687. The van der Waals surface area contributed by atoms with Crippen LogP contribution in [0.4, 0.5) is 4.39 Å². The van der Waals surface area contributed by atoms with Crippen LogP contribution in [-0.2, 0) is 4.79 Å². The zero-order valence-corrected chi connectivity index (χ0v) is 21.4. The van der Waals surface area contributed by atoms with Crippen LogP contribution in [0.15, 0.2) is 29.3 Å². The molecule has 1 aliphatic rings. The number of aliphatic imine (C=N–C) groups is 1. The molecule has 9 heteroatoms. The first-order valence-corrected chi connectivity index (χ1v) is 10.8. The maximum Gasteiger partial charge on any atom is 0.239 e. The Kier molecular flexibility index (Phi) is 12.8. The number of halogens is 2. The number of nitrogens with zero attached hydrogens (tertiary/aromatic N) is 3. The predicted octanol–water partition coefficient (Wildman–Crippen LogP) is 2.71. The summed E-state index contributed by atoms with van der Waals surface area (Å²) in [5, 5.41) is 6.59. The predicted molar refractivity (Wildman–Crippen MR) is 134 cm³/mol. The fourth-order valence-electron chi connectivity index (χ4n) is 3.50. The van der Waals surface area contributed by atoms with Crippen LogP contribution in [0.3, 0.4) is 0 Å². The van der Waals surface area contributed by atoms with Crippen LogP contribution in [0.1, 0.15) is 33.1 Å². The van der Waals surface area contributed by atoms with Crippen molar-refractivity contribution >= 4 is 35.8 Å². The Hall–Kier alpha value is -1.62. The van der Waals surface area contributed by atoms with Gasteiger partial charge in [0, 0.05) is 33.7 Å². The van der Waals surface area contributed by atoms with Crippen molar-refractivity contribution in [3.8, 4) is 5.75 Å². The van der Waals surface area contributed by atoms with Crippen molar-refractivity contribution < 1.29 is 13.9 Å². The first-order valence-electron chi connectivity index (χ1n) is 10.8. The third kappa shape index (κ3) is 9.59. The van der Waals surface area contributed by atoms with Crippen molar-refractivity contribution in [3.63, 3.8) is 0 Å². The van der Waals surface area contributed by atoms with E-state index in [-0.39, 0.29) is 47.8 Å². The maximum atomic E-state index is 13.0. The molecule has 1 fully saturated rings. The lowest BCUT2D eigenvalue weighted by Gasteiger charge is -2.26. The van der Waals surface area contributed by atoms with Gasteiger partial charge in [-0.1, -0.05) is 0 Å². The van der Waals surface area contributed by atoms with Crippen molar-refractivity contribution in [2.24, 2.45) is 4.99 Å². The summed E-state index contributed by atoms with van der Waals surface area (Å²) >= 11 is 0. The molecule has 0 spiro atoms. The van der Waals surface area contributed by atoms with Crippen LogP contribution < -0.4 is 15.4 Å². The molecule has 2 N–H and O–H groups in total. The third-order valence-corrected chi connectivity index (χ3v) is 5.01. The SMILES string of the molecule is CCNC(=NCC(C)Oc1ccc(F)cc1)NCCCN1CCCC1C(=O)N(C)C.I. The molecule has 0 saturated carbocycles. The second-order valence-electron chi connectivity index (χ2n) is 7.81. The van der Waals surface area contributed by atoms with Gasteiger partial charge in [0.05, 0.1) is 12.6 Å². The highest BCUT2D eigenvalue weighted by Crippen LogP contribution is 2.18. The Balaban J connectivity index is 0.00000480. The van der Waals surface area contributed by atoms with Gasteiger partial charge < -0.3 is 20.3 Å². The van der Waals surface area contributed by atoms with Gasteiger partial charge in [-0.2, -0.15) is 0 Å². The van der Waals surface area contributed by atoms with E-state index in [9.17, 15) is 9.18 Å². The van der Waals surface area contributed by atoms with E-state index in [0.29, 0.717) is 12.3 Å². The van der Waals surface area contributed by atoms with Gasteiger partial charge in [0.15, 0.2) is 5.96 Å². The normalized spacial score (nSPS) is 17.6. The van der Waals surface area contributed by atoms with Gasteiger partial charge in [-0.15, -0.1) is 24.0 Å². The molecule has 0 aliphatic carbocycles. The summed E-state index contributed by atoms with van der Waals surface area (Å²) in [6, 6.07) is 6.02. The zero-order valence-electron chi connectivity index (χ0n) is 19.1. The summed E-state index contributed by atoms with van der Waals surface area (Å²) in [5.74, 6) is 1.29. The van der Waals surface area contributed by atoms with E-state index in [4.69, 9.17) is 4.74 Å². The highest BCUT2D eigenvalue weighted by atomic mass is 127. The highest BCUT2D eigenvalue weighted by molar-refractivity contribution is 14.0. The smallest absolute Gasteiger partial charge is 0.239 e. The third-order valence-electron chi connectivity index (χ3n) is 5.01. The van der Waals surface area contributed by atoms with E-state index < -0.39 is 0 Å². The fourth-order valence-corrected chi connectivity index (χ4v) is 3.50. The van der Waals surface area contributed by atoms with E-state index in [0.717, 1.165) is 51.4 Å². The van der Waals surface area contributed by atoms with E-state index in [1.54, 1.807) is 17.0 Å². The van der Waals surface area contributed by atoms with Crippen LogP contribution in [0.5, 0.6) is 5.75 Å². The Morgan fingerprint density at radius 3 is 2.68 bits per heavy atom. The van der Waals surface area contributed by atoms with Gasteiger partial charge in [-0.3, -0.25) is 9.69 Å². The van der Waals surface area contributed by atoms with E-state index >= 15 is 0 Å². The molecule has 1 aromatic rings. The molecule has 2 rings (SSSR count). The molecule has 1 aliphatic heterocycles. The molecule has 7 nitrogen and oxygen atoms in total. The number of nitrogens with one attached hydrogen (secondary N) is 2. The van der Waals surface area contributed by atoms with Gasteiger partial charge in [-0.05, 0) is 63.9 Å². The molecule has 0 bridgehead atoms. The second kappa shape index (κ2) is 14.4. The number of hydrogen-bond acceptors (Lipinski definition) is 4. The topological polar surface area (TPSA) is 69.2 Å². The molecule has 1 saturated heterocycles. The molecule has 1 amide bonds. The number of amides is 1. The first-order chi connectivity index (χ1) is 14.4. The number of ether oxygens (including phenoxy) is 1. The van der Waals surface area contributed by atoms with Crippen LogP contribution >= 0.6 is 24.0 Å². The molecular weight excluding hydrogens is 512 g/mol. The number of benzene rings is 1. The van der Waals surface area contributed by atoms with Crippen molar-refractivity contribution in [1.82, 2.24) is 20.4 Å². The molecule has 176 valence electrons. The van der Waals surface area contributed by atoms with E-state index in [1.165, 1.54) is 12.1 Å². The summed E-state index contributed by atoms with van der Waals surface area (Å²) in [6.45, 7) is 7.86. The van der Waals surface area contributed by atoms with E-state index in [1.807, 2.05) is 27.9 Å². The highest BCUT2D eigenvalue weighted by Gasteiger charge is 2.30. The van der Waals surface area contributed by atoms with Gasteiger partial charge in [0.2, 0.25) is 5.91 Å². The number of likely N-dealkylation sites (tertiary alicyclic amines) is 1. The van der Waals surface area contributed by atoms with Gasteiger partial charge >= 0.3 is 0 Å². The molecule has 2 unspecified atom stereocenters. The van der Waals surface area contributed by atoms with E-state index in [2.05, 4.69) is 20.5 Å². The monoisotopic (exact) mass is 549 g/mol. The number of likely N-dealkylation sites (N-methyl/N-ethyl adjacent to an activating group) is 1. The minimum atomic E-state index is -0.280. The van der Waals surface area contributed by atoms with Gasteiger partial charge in [0.1, 0.15) is 17.7 Å². The Morgan fingerprint density at radius 2 is 2.03 bits per heavy atom. The summed E-state index contributed by atoms with van der Waals surface area (Å²) in [4.78, 5) is 20.8. The first kappa shape index (κ1) is 27.4. The maximum absolute atomic E-state index is 13.0. The number of rotatable bonds is 10. The lowest BCUT2D eigenvalue weighted by molar-refractivity contribution is -0.133. The van der Waals surface area contributed by atoms with Crippen LogP contribution in [0.2, 0.25) is 0 Å². The second-order valence-corrected chi connectivity index (χ2v) is 7.81. The summed E-state index contributed by atoms with van der Waals surface area (Å²) < 4.78 is 18.8. The van der Waals surface area contributed by atoms with Gasteiger partial charge in [-0.25, -0.2) is 9.38 Å². The molecule has 1 heterocycles. The molecule has 1 aromatic carbocycles. The quantitative estimate of drug-likeness (QED) is 0.203. The van der Waals surface area contributed by atoms with Crippen molar-refractivity contribution in [3.05, 3.63) is 30.1 Å². The summed E-state index contributed by atoms with van der Waals surface area (Å²) in [7, 11) is 3.64. The molecule has 31 heavy (non-hydrogen) atoms. The summed E-state index contributed by atoms with van der Waals surface area (Å²) in [5.41, 5.74) is 0. The number of carbonyl (C=O) groups is 1. The Morgan fingerprint density at radius 1 is 1.32 bits per heavy atom. The van der Waals surface area contributed by atoms with Crippen LogP contribution in [0, 0.1) is 5.82 Å². The standard InChI is InChI=1S/C22H36FN5O2.HI/c1-5-24-22(26-16-17(2)30-19-11-9-18(23)10-12-19)25-13-7-15-28-14-6-8-20(28)21(29)27(3)4;/h9-12,17,20H,5-8,13-16H2,1-4H3,(H2,24,25,26);1H. The molecule has 0 radical (unpaired) electrons. The largest absolute Gasteiger partial charge is 0.489 e. The molecule has 0 aromatic heterocycles. The number of carbonyl (C=O) groups excluding carboxylic acids is 1. The van der Waals surface area contributed by atoms with Crippen molar-refractivity contribution in [2.45, 2.75) is 45.3 Å². The van der Waals surface area contributed by atoms with Gasteiger partial charge in [0.25, 0.3) is 0 Å². The van der Waals surface area contributed by atoms with Crippen molar-refractivity contribution in [1.29, 1.82) is 0 Å².